The highest BCUT2D eigenvalue weighted by Gasteiger charge is 2.25. The van der Waals surface area contributed by atoms with Gasteiger partial charge in [-0.15, -0.1) is 11.8 Å². The topological polar surface area (TPSA) is 49.4 Å². The average Bonchev–Trinajstić information content (AvgIpc) is 2.67. The van der Waals surface area contributed by atoms with E-state index >= 15 is 0 Å². The maximum atomic E-state index is 12.9. The molecule has 0 spiro atoms. The van der Waals surface area contributed by atoms with E-state index in [1.54, 1.807) is 31.0 Å². The minimum Gasteiger partial charge on any atom is -0.357 e. The van der Waals surface area contributed by atoms with Crippen LogP contribution in [0.4, 0.5) is 0 Å². The molecule has 2 aromatic rings. The van der Waals surface area contributed by atoms with Gasteiger partial charge in [-0.05, 0) is 42.3 Å². The Kier molecular flexibility index (Phi) is 9.15. The number of halogens is 3. The molecule has 0 aromatic heterocycles. The summed E-state index contributed by atoms with van der Waals surface area (Å²) < 4.78 is 0.930. The Morgan fingerprint density at radius 3 is 2.54 bits per heavy atom. The Bertz CT molecular complexity index is 851. The number of likely N-dealkylation sites (N-methyl/N-ethyl adjacent to an activating group) is 1. The Morgan fingerprint density at radius 1 is 1.14 bits per heavy atom. The van der Waals surface area contributed by atoms with Crippen molar-refractivity contribution in [3.05, 3.63) is 68.1 Å². The molecule has 2 amide bonds. The van der Waals surface area contributed by atoms with Gasteiger partial charge in [0.15, 0.2) is 0 Å². The van der Waals surface area contributed by atoms with Gasteiger partial charge >= 0.3 is 0 Å². The quantitative estimate of drug-likeness (QED) is 0.541. The van der Waals surface area contributed by atoms with Crippen LogP contribution in [0.15, 0.2) is 46.9 Å². The zero-order valence-corrected chi connectivity index (χ0v) is 19.5. The summed E-state index contributed by atoms with van der Waals surface area (Å²) in [6.07, 6.45) is 0. The van der Waals surface area contributed by atoms with Crippen molar-refractivity contribution in [3.8, 4) is 0 Å². The molecule has 1 atom stereocenters. The fourth-order valence-corrected chi connectivity index (χ4v) is 4.22. The Morgan fingerprint density at radius 2 is 1.89 bits per heavy atom. The maximum absolute atomic E-state index is 12.9. The lowest BCUT2D eigenvalue weighted by atomic mass is 10.1. The van der Waals surface area contributed by atoms with Crippen LogP contribution in [0.25, 0.3) is 0 Å². The number of thioether (sulfide) groups is 1. The lowest BCUT2D eigenvalue weighted by Gasteiger charge is -2.28. The normalized spacial score (nSPS) is 11.8. The molecule has 150 valence electrons. The first-order chi connectivity index (χ1) is 13.3. The third-order valence-corrected chi connectivity index (χ3v) is 6.35. The van der Waals surface area contributed by atoms with E-state index in [0.29, 0.717) is 22.3 Å². The van der Waals surface area contributed by atoms with E-state index in [1.165, 1.54) is 11.8 Å². The molecule has 0 radical (unpaired) electrons. The second-order valence-corrected chi connectivity index (χ2v) is 8.90. The highest BCUT2D eigenvalue weighted by Crippen LogP contribution is 2.25. The van der Waals surface area contributed by atoms with Crippen LogP contribution >= 0.6 is 50.9 Å². The van der Waals surface area contributed by atoms with Crippen LogP contribution < -0.4 is 5.32 Å². The standard InChI is InChI=1S/C20H21BrCl2N2O2S/c1-13(20(27)24-2)25(10-14-4-3-5-16(21)8-14)19(26)12-28-11-15-6-7-17(22)18(23)9-15/h3-9,13H,10-12H2,1-2H3,(H,24,27)/t13-/m0/s1. The first kappa shape index (κ1) is 23.1. The van der Waals surface area contributed by atoms with Crippen molar-refractivity contribution in [2.75, 3.05) is 12.8 Å². The fourth-order valence-electron chi connectivity index (χ4n) is 2.59. The minimum absolute atomic E-state index is 0.0962. The molecule has 2 aromatic carbocycles. The molecule has 0 unspecified atom stereocenters. The number of amides is 2. The largest absolute Gasteiger partial charge is 0.357 e. The summed E-state index contributed by atoms with van der Waals surface area (Å²) in [5.74, 6) is 0.594. The Hall–Kier alpha value is -1.21. The molecule has 0 aliphatic rings. The molecular formula is C20H21BrCl2N2O2S. The molecule has 2 rings (SSSR count). The molecule has 0 saturated heterocycles. The van der Waals surface area contributed by atoms with Gasteiger partial charge < -0.3 is 10.2 Å². The van der Waals surface area contributed by atoms with Gasteiger partial charge in [-0.2, -0.15) is 0 Å². The molecular weight excluding hydrogens is 483 g/mol. The SMILES string of the molecule is CNC(=O)[C@H](C)N(Cc1cccc(Br)c1)C(=O)CSCc1ccc(Cl)c(Cl)c1. The highest BCUT2D eigenvalue weighted by atomic mass is 79.9. The number of carbonyl (C=O) groups excluding carboxylic acids is 2. The second-order valence-electron chi connectivity index (χ2n) is 6.18. The summed E-state index contributed by atoms with van der Waals surface area (Å²) in [6, 6.07) is 12.6. The molecule has 0 aliphatic carbocycles. The number of rotatable bonds is 8. The molecule has 0 saturated carbocycles. The third kappa shape index (κ3) is 6.69. The van der Waals surface area contributed by atoms with E-state index in [4.69, 9.17) is 23.2 Å². The molecule has 4 nitrogen and oxygen atoms in total. The Labute approximate surface area is 188 Å². The summed E-state index contributed by atoms with van der Waals surface area (Å²) in [7, 11) is 1.57. The van der Waals surface area contributed by atoms with Gasteiger partial charge in [0.1, 0.15) is 6.04 Å². The summed E-state index contributed by atoms with van der Waals surface area (Å²) in [5, 5.41) is 3.62. The van der Waals surface area contributed by atoms with E-state index in [9.17, 15) is 9.59 Å². The molecule has 1 N–H and O–H groups in total. The van der Waals surface area contributed by atoms with Crippen LogP contribution in [0.1, 0.15) is 18.1 Å². The second kappa shape index (κ2) is 11.1. The molecule has 0 fully saturated rings. The lowest BCUT2D eigenvalue weighted by molar-refractivity contribution is -0.138. The van der Waals surface area contributed by atoms with Gasteiger partial charge in [0, 0.05) is 23.8 Å². The van der Waals surface area contributed by atoms with Gasteiger partial charge in [-0.3, -0.25) is 9.59 Å². The number of hydrogen-bond acceptors (Lipinski definition) is 3. The minimum atomic E-state index is -0.568. The summed E-state index contributed by atoms with van der Waals surface area (Å²) in [4.78, 5) is 26.6. The number of hydrogen-bond donors (Lipinski definition) is 1. The first-order valence-electron chi connectivity index (χ1n) is 8.59. The van der Waals surface area contributed by atoms with E-state index < -0.39 is 6.04 Å². The van der Waals surface area contributed by atoms with Crippen molar-refractivity contribution in [1.29, 1.82) is 0 Å². The summed E-state index contributed by atoms with van der Waals surface area (Å²) in [5.41, 5.74) is 1.94. The summed E-state index contributed by atoms with van der Waals surface area (Å²) >= 11 is 16.9. The zero-order valence-electron chi connectivity index (χ0n) is 15.5. The third-order valence-electron chi connectivity index (χ3n) is 4.13. The van der Waals surface area contributed by atoms with Crippen molar-refractivity contribution in [2.45, 2.75) is 25.3 Å². The predicted octanol–water partition coefficient (Wildman–Crippen LogP) is 5.15. The van der Waals surface area contributed by atoms with Crippen molar-refractivity contribution >= 4 is 62.7 Å². The van der Waals surface area contributed by atoms with Crippen LogP contribution in [-0.2, 0) is 21.9 Å². The van der Waals surface area contributed by atoms with E-state index in [-0.39, 0.29) is 17.6 Å². The van der Waals surface area contributed by atoms with Crippen molar-refractivity contribution in [2.24, 2.45) is 0 Å². The van der Waals surface area contributed by atoms with Gasteiger partial charge in [-0.25, -0.2) is 0 Å². The van der Waals surface area contributed by atoms with Crippen molar-refractivity contribution in [3.63, 3.8) is 0 Å². The highest BCUT2D eigenvalue weighted by molar-refractivity contribution is 9.10. The smallest absolute Gasteiger partial charge is 0.242 e. The monoisotopic (exact) mass is 502 g/mol. The van der Waals surface area contributed by atoms with Crippen LogP contribution in [-0.4, -0.2) is 35.6 Å². The van der Waals surface area contributed by atoms with E-state index in [2.05, 4.69) is 21.2 Å². The van der Waals surface area contributed by atoms with Crippen LogP contribution in [0, 0.1) is 0 Å². The molecule has 8 heteroatoms. The first-order valence-corrected chi connectivity index (χ1v) is 11.3. The van der Waals surface area contributed by atoms with Crippen molar-refractivity contribution in [1.82, 2.24) is 10.2 Å². The Balaban J connectivity index is 2.05. The molecule has 0 aliphatic heterocycles. The number of benzene rings is 2. The fraction of sp³-hybridized carbons (Fsp3) is 0.300. The zero-order chi connectivity index (χ0) is 20.7. The predicted molar refractivity (Wildman–Crippen MR) is 121 cm³/mol. The van der Waals surface area contributed by atoms with E-state index in [1.807, 2.05) is 30.3 Å². The van der Waals surface area contributed by atoms with E-state index in [0.717, 1.165) is 15.6 Å². The van der Waals surface area contributed by atoms with Crippen LogP contribution in [0.5, 0.6) is 0 Å². The molecule has 0 heterocycles. The number of nitrogens with one attached hydrogen (secondary N) is 1. The van der Waals surface area contributed by atoms with Gasteiger partial charge in [0.05, 0.1) is 15.8 Å². The van der Waals surface area contributed by atoms with Crippen LogP contribution in [0.3, 0.4) is 0 Å². The number of carbonyl (C=O) groups is 2. The lowest BCUT2D eigenvalue weighted by Crippen LogP contribution is -2.47. The van der Waals surface area contributed by atoms with Gasteiger partial charge in [0.25, 0.3) is 0 Å². The van der Waals surface area contributed by atoms with Crippen LogP contribution in [0.2, 0.25) is 10.0 Å². The average molecular weight is 504 g/mol. The maximum Gasteiger partial charge on any atom is 0.242 e. The van der Waals surface area contributed by atoms with Crippen molar-refractivity contribution < 1.29 is 9.59 Å². The molecule has 0 bridgehead atoms. The van der Waals surface area contributed by atoms with Gasteiger partial charge in [0.2, 0.25) is 11.8 Å². The molecule has 28 heavy (non-hydrogen) atoms. The summed E-state index contributed by atoms with van der Waals surface area (Å²) in [6.45, 7) is 2.10. The van der Waals surface area contributed by atoms with Gasteiger partial charge in [-0.1, -0.05) is 57.3 Å². The number of nitrogens with zero attached hydrogens (tertiary/aromatic N) is 1.